The summed E-state index contributed by atoms with van der Waals surface area (Å²) in [5, 5.41) is 3.63. The van der Waals surface area contributed by atoms with Crippen molar-refractivity contribution in [3.63, 3.8) is 0 Å². The van der Waals surface area contributed by atoms with Gasteiger partial charge in [-0.3, -0.25) is 4.90 Å². The second-order valence-electron chi connectivity index (χ2n) is 6.70. The van der Waals surface area contributed by atoms with E-state index in [0.717, 1.165) is 55.1 Å². The number of ether oxygens (including phenoxy) is 2. The first-order valence-electron chi connectivity index (χ1n) is 8.86. The maximum absolute atomic E-state index is 13.9. The summed E-state index contributed by atoms with van der Waals surface area (Å²) >= 11 is 0. The predicted octanol–water partition coefficient (Wildman–Crippen LogP) is 3.31. The summed E-state index contributed by atoms with van der Waals surface area (Å²) in [6, 6.07) is 13.4. The molecule has 0 saturated carbocycles. The van der Waals surface area contributed by atoms with Gasteiger partial charge in [-0.1, -0.05) is 30.3 Å². The van der Waals surface area contributed by atoms with Crippen molar-refractivity contribution in [3.8, 4) is 11.5 Å². The van der Waals surface area contributed by atoms with E-state index in [1.165, 1.54) is 6.07 Å². The molecule has 0 spiro atoms. The van der Waals surface area contributed by atoms with Crippen LogP contribution in [0.25, 0.3) is 0 Å². The maximum Gasteiger partial charge on any atom is 0.231 e. The number of rotatable bonds is 5. The predicted molar refractivity (Wildman–Crippen MR) is 94.1 cm³/mol. The topological polar surface area (TPSA) is 33.7 Å². The molecule has 0 aromatic heterocycles. The molecule has 132 valence electrons. The lowest BCUT2D eigenvalue weighted by Gasteiger charge is -2.33. The van der Waals surface area contributed by atoms with Crippen LogP contribution in [0.5, 0.6) is 11.5 Å². The van der Waals surface area contributed by atoms with E-state index in [2.05, 4.69) is 16.3 Å². The molecule has 1 N–H and O–H groups in total. The van der Waals surface area contributed by atoms with E-state index in [1.807, 2.05) is 24.3 Å². The number of hydrogen-bond donors (Lipinski definition) is 1. The molecule has 2 aliphatic rings. The first-order valence-corrected chi connectivity index (χ1v) is 8.86. The fourth-order valence-corrected chi connectivity index (χ4v) is 3.62. The van der Waals surface area contributed by atoms with Gasteiger partial charge >= 0.3 is 0 Å². The van der Waals surface area contributed by atoms with Crippen LogP contribution in [0.15, 0.2) is 42.5 Å². The zero-order chi connectivity index (χ0) is 17.1. The van der Waals surface area contributed by atoms with Gasteiger partial charge < -0.3 is 14.8 Å². The summed E-state index contributed by atoms with van der Waals surface area (Å²) in [4.78, 5) is 2.33. The van der Waals surface area contributed by atoms with Crippen LogP contribution in [0.3, 0.4) is 0 Å². The van der Waals surface area contributed by atoms with E-state index in [9.17, 15) is 4.39 Å². The monoisotopic (exact) mass is 342 g/mol. The van der Waals surface area contributed by atoms with Crippen LogP contribution in [0.2, 0.25) is 0 Å². The van der Waals surface area contributed by atoms with E-state index in [4.69, 9.17) is 9.47 Å². The minimum Gasteiger partial charge on any atom is -0.454 e. The average Bonchev–Trinajstić information content (AvgIpc) is 3.12. The van der Waals surface area contributed by atoms with Crippen LogP contribution in [0.1, 0.15) is 24.0 Å². The Morgan fingerprint density at radius 3 is 2.88 bits per heavy atom. The second-order valence-corrected chi connectivity index (χ2v) is 6.70. The number of piperidine rings is 1. The van der Waals surface area contributed by atoms with Crippen LogP contribution >= 0.6 is 0 Å². The molecule has 0 aliphatic carbocycles. The summed E-state index contributed by atoms with van der Waals surface area (Å²) in [5.74, 6) is 1.56. The summed E-state index contributed by atoms with van der Waals surface area (Å²) in [6.07, 6.45) is 2.26. The number of nitrogens with zero attached hydrogens (tertiary/aromatic N) is 1. The first kappa shape index (κ1) is 16.4. The number of benzene rings is 2. The highest BCUT2D eigenvalue weighted by molar-refractivity contribution is 5.48. The van der Waals surface area contributed by atoms with Gasteiger partial charge in [0.1, 0.15) is 5.82 Å². The van der Waals surface area contributed by atoms with E-state index < -0.39 is 0 Å². The Morgan fingerprint density at radius 1 is 1.08 bits per heavy atom. The zero-order valence-electron chi connectivity index (χ0n) is 14.2. The normalized spacial score (nSPS) is 20.0. The Hall–Kier alpha value is -2.11. The van der Waals surface area contributed by atoms with Gasteiger partial charge in [-0.25, -0.2) is 4.39 Å². The summed E-state index contributed by atoms with van der Waals surface area (Å²) in [6.45, 7) is 3.67. The Morgan fingerprint density at radius 2 is 1.96 bits per heavy atom. The van der Waals surface area contributed by atoms with Crippen molar-refractivity contribution < 1.29 is 13.9 Å². The van der Waals surface area contributed by atoms with Crippen LogP contribution in [-0.4, -0.2) is 30.8 Å². The molecule has 25 heavy (non-hydrogen) atoms. The first-order chi connectivity index (χ1) is 12.3. The quantitative estimate of drug-likeness (QED) is 0.904. The van der Waals surface area contributed by atoms with Gasteiger partial charge in [0.2, 0.25) is 6.79 Å². The van der Waals surface area contributed by atoms with Crippen molar-refractivity contribution in [3.05, 3.63) is 59.4 Å². The minimum atomic E-state index is -0.116. The largest absolute Gasteiger partial charge is 0.454 e. The molecule has 1 fully saturated rings. The third-order valence-corrected chi connectivity index (χ3v) is 4.92. The van der Waals surface area contributed by atoms with E-state index in [0.29, 0.717) is 19.4 Å². The lowest BCUT2D eigenvalue weighted by atomic mass is 10.0. The molecule has 4 nitrogen and oxygen atoms in total. The zero-order valence-corrected chi connectivity index (χ0v) is 14.2. The number of halogens is 1. The van der Waals surface area contributed by atoms with Crippen molar-refractivity contribution >= 4 is 0 Å². The van der Waals surface area contributed by atoms with Crippen molar-refractivity contribution in [2.45, 2.75) is 32.0 Å². The Bertz CT molecular complexity index is 737. The molecule has 1 atom stereocenters. The van der Waals surface area contributed by atoms with Crippen molar-refractivity contribution in [1.82, 2.24) is 10.2 Å². The van der Waals surface area contributed by atoms with Crippen LogP contribution in [-0.2, 0) is 13.1 Å². The molecule has 2 aromatic carbocycles. The van der Waals surface area contributed by atoms with E-state index in [1.54, 1.807) is 6.07 Å². The molecule has 0 bridgehead atoms. The van der Waals surface area contributed by atoms with Crippen molar-refractivity contribution in [2.24, 2.45) is 0 Å². The number of fused-ring (bicyclic) bond motifs is 1. The summed E-state index contributed by atoms with van der Waals surface area (Å²) in [7, 11) is 0. The van der Waals surface area contributed by atoms with Gasteiger partial charge in [-0.15, -0.1) is 0 Å². The van der Waals surface area contributed by atoms with Gasteiger partial charge in [0.05, 0.1) is 0 Å². The molecule has 2 aromatic rings. The van der Waals surface area contributed by atoms with Crippen LogP contribution in [0, 0.1) is 5.82 Å². The summed E-state index contributed by atoms with van der Waals surface area (Å²) in [5.41, 5.74) is 1.90. The fraction of sp³-hybridized carbons (Fsp3) is 0.400. The molecule has 5 heteroatoms. The number of likely N-dealkylation sites (tertiary alicyclic amines) is 1. The summed E-state index contributed by atoms with van der Waals surface area (Å²) < 4.78 is 24.9. The van der Waals surface area contributed by atoms with Crippen LogP contribution in [0.4, 0.5) is 4.39 Å². The van der Waals surface area contributed by atoms with Gasteiger partial charge in [0.15, 0.2) is 11.5 Å². The molecule has 4 rings (SSSR count). The highest BCUT2D eigenvalue weighted by Gasteiger charge is 2.22. The molecular formula is C20H23FN2O2. The molecule has 2 aliphatic heterocycles. The fourth-order valence-electron chi connectivity index (χ4n) is 3.62. The SMILES string of the molecule is Fc1ccccc1CN1CCCC(NCc2cccc3c2OCO3)C1. The van der Waals surface area contributed by atoms with Gasteiger partial charge in [-0.05, 0) is 31.5 Å². The molecule has 1 saturated heterocycles. The Balaban J connectivity index is 1.34. The molecule has 0 amide bonds. The molecule has 1 unspecified atom stereocenters. The highest BCUT2D eigenvalue weighted by atomic mass is 19.1. The Kier molecular flexibility index (Phi) is 4.85. The third-order valence-electron chi connectivity index (χ3n) is 4.92. The second kappa shape index (κ2) is 7.42. The number of para-hydroxylation sites is 1. The van der Waals surface area contributed by atoms with Crippen molar-refractivity contribution in [1.29, 1.82) is 0 Å². The molecule has 2 heterocycles. The average molecular weight is 342 g/mol. The lowest BCUT2D eigenvalue weighted by molar-refractivity contribution is 0.171. The molecule has 0 radical (unpaired) electrons. The minimum absolute atomic E-state index is 0.116. The number of nitrogens with one attached hydrogen (secondary N) is 1. The van der Waals surface area contributed by atoms with E-state index in [-0.39, 0.29) is 5.82 Å². The van der Waals surface area contributed by atoms with Crippen molar-refractivity contribution in [2.75, 3.05) is 19.9 Å². The lowest BCUT2D eigenvalue weighted by Crippen LogP contribution is -2.45. The van der Waals surface area contributed by atoms with Crippen LogP contribution < -0.4 is 14.8 Å². The van der Waals surface area contributed by atoms with Gasteiger partial charge in [-0.2, -0.15) is 0 Å². The highest BCUT2D eigenvalue weighted by Crippen LogP contribution is 2.35. The third kappa shape index (κ3) is 3.78. The van der Waals surface area contributed by atoms with E-state index >= 15 is 0 Å². The number of hydrogen-bond acceptors (Lipinski definition) is 4. The maximum atomic E-state index is 13.9. The smallest absolute Gasteiger partial charge is 0.231 e. The Labute approximate surface area is 147 Å². The van der Waals surface area contributed by atoms with Gasteiger partial charge in [0.25, 0.3) is 0 Å². The molecular weight excluding hydrogens is 319 g/mol. The standard InChI is InChI=1S/C20H23FN2O2/c21-18-8-2-1-5-16(18)12-23-10-4-7-17(13-23)22-11-15-6-3-9-19-20(15)25-14-24-19/h1-3,5-6,8-9,17,22H,4,7,10-14H2. The van der Waals surface area contributed by atoms with Gasteiger partial charge in [0, 0.05) is 36.8 Å².